The van der Waals surface area contributed by atoms with Gasteiger partial charge in [0.25, 0.3) is 5.91 Å². The molecular formula is C23H20Cl2N2O3. The third kappa shape index (κ3) is 6.24. The van der Waals surface area contributed by atoms with Crippen LogP contribution >= 0.6 is 23.2 Å². The first-order chi connectivity index (χ1) is 14.5. The molecule has 0 heterocycles. The molecule has 0 unspecified atom stereocenters. The van der Waals surface area contributed by atoms with Crippen LogP contribution in [0.3, 0.4) is 0 Å². The molecule has 2 N–H and O–H groups in total. The molecule has 0 aliphatic heterocycles. The number of carbonyl (C=O) groups excluding carboxylic acids is 2. The Morgan fingerprint density at radius 3 is 2.37 bits per heavy atom. The van der Waals surface area contributed by atoms with Crippen molar-refractivity contribution in [3.63, 3.8) is 0 Å². The molecule has 3 aromatic rings. The van der Waals surface area contributed by atoms with E-state index in [0.29, 0.717) is 45.8 Å². The van der Waals surface area contributed by atoms with E-state index in [1.165, 1.54) is 0 Å². The van der Waals surface area contributed by atoms with E-state index < -0.39 is 0 Å². The lowest BCUT2D eigenvalue weighted by Gasteiger charge is -2.12. The summed E-state index contributed by atoms with van der Waals surface area (Å²) in [6, 6.07) is 21.0. The van der Waals surface area contributed by atoms with Crippen LogP contribution in [-0.2, 0) is 4.79 Å². The Hall–Kier alpha value is -3.02. The molecule has 0 spiro atoms. The third-order valence-corrected chi connectivity index (χ3v) is 4.71. The molecular weight excluding hydrogens is 423 g/mol. The van der Waals surface area contributed by atoms with Gasteiger partial charge in [0.2, 0.25) is 5.91 Å². The number of halogens is 2. The van der Waals surface area contributed by atoms with Crippen molar-refractivity contribution in [2.24, 2.45) is 0 Å². The standard InChI is InChI=1S/C23H20Cl2N2O3/c24-16-12-13-21(19(25)15-16)30-14-6-11-22(28)27-20-10-5-4-9-18(20)23(29)26-17-7-2-1-3-8-17/h1-5,7-10,12-13,15H,6,11,14H2,(H,26,29)(H,27,28). The highest BCUT2D eigenvalue weighted by Crippen LogP contribution is 2.27. The Bertz CT molecular complexity index is 1030. The minimum Gasteiger partial charge on any atom is -0.492 e. The minimum absolute atomic E-state index is 0.208. The summed E-state index contributed by atoms with van der Waals surface area (Å²) in [6.07, 6.45) is 0.725. The van der Waals surface area contributed by atoms with Gasteiger partial charge in [0, 0.05) is 17.1 Å². The summed E-state index contributed by atoms with van der Waals surface area (Å²) in [5.41, 5.74) is 1.53. The van der Waals surface area contributed by atoms with Crippen molar-refractivity contribution in [1.82, 2.24) is 0 Å². The lowest BCUT2D eigenvalue weighted by molar-refractivity contribution is -0.116. The Labute approximate surface area is 185 Å². The first-order valence-corrected chi connectivity index (χ1v) is 10.1. The average Bonchev–Trinajstić information content (AvgIpc) is 2.73. The van der Waals surface area contributed by atoms with Crippen LogP contribution in [0.5, 0.6) is 5.75 Å². The number of nitrogens with one attached hydrogen (secondary N) is 2. The molecule has 154 valence electrons. The van der Waals surface area contributed by atoms with Gasteiger partial charge in [-0.25, -0.2) is 0 Å². The largest absolute Gasteiger partial charge is 0.492 e. The van der Waals surface area contributed by atoms with E-state index in [4.69, 9.17) is 27.9 Å². The third-order valence-electron chi connectivity index (χ3n) is 4.18. The van der Waals surface area contributed by atoms with Gasteiger partial charge in [-0.3, -0.25) is 9.59 Å². The minimum atomic E-state index is -0.294. The fraction of sp³-hybridized carbons (Fsp3) is 0.130. The molecule has 0 aromatic heterocycles. The van der Waals surface area contributed by atoms with Crippen molar-refractivity contribution < 1.29 is 14.3 Å². The summed E-state index contributed by atoms with van der Waals surface area (Å²) in [6.45, 7) is 0.324. The summed E-state index contributed by atoms with van der Waals surface area (Å²) in [5, 5.41) is 6.57. The highest BCUT2D eigenvalue weighted by atomic mass is 35.5. The number of hydrogen-bond donors (Lipinski definition) is 2. The van der Waals surface area contributed by atoms with Crippen molar-refractivity contribution in [1.29, 1.82) is 0 Å². The Morgan fingerprint density at radius 1 is 0.867 bits per heavy atom. The zero-order valence-corrected chi connectivity index (χ0v) is 17.5. The quantitative estimate of drug-likeness (QED) is 0.417. The molecule has 3 rings (SSSR count). The van der Waals surface area contributed by atoms with Crippen LogP contribution in [-0.4, -0.2) is 18.4 Å². The number of rotatable bonds is 8. The van der Waals surface area contributed by atoms with E-state index in [-0.39, 0.29) is 18.2 Å². The van der Waals surface area contributed by atoms with E-state index in [1.807, 2.05) is 18.2 Å². The van der Waals surface area contributed by atoms with Gasteiger partial charge in [-0.2, -0.15) is 0 Å². The fourth-order valence-electron chi connectivity index (χ4n) is 2.73. The first-order valence-electron chi connectivity index (χ1n) is 9.36. The predicted molar refractivity (Wildman–Crippen MR) is 121 cm³/mol. The van der Waals surface area contributed by atoms with Gasteiger partial charge in [0.05, 0.1) is 22.9 Å². The van der Waals surface area contributed by atoms with Gasteiger partial charge < -0.3 is 15.4 Å². The van der Waals surface area contributed by atoms with Crippen molar-refractivity contribution in [2.75, 3.05) is 17.2 Å². The normalized spacial score (nSPS) is 10.3. The van der Waals surface area contributed by atoms with Crippen LogP contribution < -0.4 is 15.4 Å². The van der Waals surface area contributed by atoms with Gasteiger partial charge in [-0.15, -0.1) is 0 Å². The SMILES string of the molecule is O=C(CCCOc1ccc(Cl)cc1Cl)Nc1ccccc1C(=O)Nc1ccccc1. The van der Waals surface area contributed by atoms with Crippen LogP contribution in [0.25, 0.3) is 0 Å². The van der Waals surface area contributed by atoms with E-state index in [9.17, 15) is 9.59 Å². The molecule has 3 aromatic carbocycles. The number of hydrogen-bond acceptors (Lipinski definition) is 3. The molecule has 0 aliphatic carbocycles. The summed E-state index contributed by atoms with van der Waals surface area (Å²) in [4.78, 5) is 24.9. The molecule has 0 atom stereocenters. The van der Waals surface area contributed by atoms with Crippen molar-refractivity contribution in [3.05, 3.63) is 88.4 Å². The number of carbonyl (C=O) groups is 2. The zero-order valence-electron chi connectivity index (χ0n) is 16.0. The van der Waals surface area contributed by atoms with Crippen LogP contribution in [0.15, 0.2) is 72.8 Å². The van der Waals surface area contributed by atoms with E-state index in [0.717, 1.165) is 0 Å². The van der Waals surface area contributed by atoms with E-state index in [2.05, 4.69) is 10.6 Å². The van der Waals surface area contributed by atoms with Crippen LogP contribution in [0.2, 0.25) is 10.0 Å². The lowest BCUT2D eigenvalue weighted by atomic mass is 10.1. The summed E-state index contributed by atoms with van der Waals surface area (Å²) in [5.74, 6) is 0.0166. The maximum absolute atomic E-state index is 12.6. The Kier molecular flexibility index (Phi) is 7.71. The Balaban J connectivity index is 1.52. The second-order valence-electron chi connectivity index (χ2n) is 6.44. The topological polar surface area (TPSA) is 67.4 Å². The summed E-state index contributed by atoms with van der Waals surface area (Å²) >= 11 is 11.9. The van der Waals surface area contributed by atoms with Crippen molar-refractivity contribution >= 4 is 46.4 Å². The van der Waals surface area contributed by atoms with Gasteiger partial charge >= 0.3 is 0 Å². The molecule has 0 fully saturated rings. The summed E-state index contributed by atoms with van der Waals surface area (Å²) in [7, 11) is 0. The monoisotopic (exact) mass is 442 g/mol. The van der Waals surface area contributed by atoms with Crippen LogP contribution in [0, 0.1) is 0 Å². The molecule has 7 heteroatoms. The number of anilines is 2. The molecule has 0 aliphatic rings. The molecule has 2 amide bonds. The predicted octanol–water partition coefficient (Wildman–Crippen LogP) is 6.04. The molecule has 0 radical (unpaired) electrons. The number of benzene rings is 3. The second-order valence-corrected chi connectivity index (χ2v) is 7.28. The first kappa shape index (κ1) is 21.7. The molecule has 5 nitrogen and oxygen atoms in total. The van der Waals surface area contributed by atoms with E-state index >= 15 is 0 Å². The van der Waals surface area contributed by atoms with Gasteiger partial charge in [0.15, 0.2) is 0 Å². The lowest BCUT2D eigenvalue weighted by Crippen LogP contribution is -2.18. The highest BCUT2D eigenvalue weighted by Gasteiger charge is 2.13. The van der Waals surface area contributed by atoms with Gasteiger partial charge in [-0.05, 0) is 48.9 Å². The smallest absolute Gasteiger partial charge is 0.257 e. The highest BCUT2D eigenvalue weighted by molar-refractivity contribution is 6.35. The number of para-hydroxylation sites is 2. The number of ether oxygens (including phenoxy) is 1. The van der Waals surface area contributed by atoms with Crippen molar-refractivity contribution in [3.8, 4) is 5.75 Å². The van der Waals surface area contributed by atoms with Gasteiger partial charge in [-0.1, -0.05) is 53.5 Å². The molecule has 0 bridgehead atoms. The van der Waals surface area contributed by atoms with E-state index in [1.54, 1.807) is 54.6 Å². The fourth-order valence-corrected chi connectivity index (χ4v) is 3.19. The molecule has 0 saturated heterocycles. The van der Waals surface area contributed by atoms with Crippen LogP contribution in [0.4, 0.5) is 11.4 Å². The molecule has 0 saturated carbocycles. The second kappa shape index (κ2) is 10.7. The summed E-state index contributed by atoms with van der Waals surface area (Å²) < 4.78 is 5.59. The maximum atomic E-state index is 12.6. The maximum Gasteiger partial charge on any atom is 0.257 e. The van der Waals surface area contributed by atoms with Gasteiger partial charge in [0.1, 0.15) is 5.75 Å². The average molecular weight is 443 g/mol. The van der Waals surface area contributed by atoms with Crippen LogP contribution in [0.1, 0.15) is 23.2 Å². The molecule has 30 heavy (non-hydrogen) atoms. The van der Waals surface area contributed by atoms with Crippen molar-refractivity contribution in [2.45, 2.75) is 12.8 Å². The zero-order chi connectivity index (χ0) is 21.3. The Morgan fingerprint density at radius 2 is 1.60 bits per heavy atom. The number of amides is 2.